The van der Waals surface area contributed by atoms with Crippen molar-refractivity contribution in [3.05, 3.63) is 29.6 Å². The Balaban J connectivity index is 2.37. The fourth-order valence-electron chi connectivity index (χ4n) is 2.78. The molecule has 118 valence electrons. The molecule has 2 unspecified atom stereocenters. The molecule has 0 bridgehead atoms. The lowest BCUT2D eigenvalue weighted by molar-refractivity contribution is -0.308. The molecule has 1 aromatic rings. The third kappa shape index (κ3) is 3.30. The molecule has 2 rings (SSSR count). The number of aliphatic hydroxyl groups excluding tert-OH is 1. The van der Waals surface area contributed by atoms with E-state index in [-0.39, 0.29) is 12.1 Å². The largest absolute Gasteiger partial charge is 0.403 e. The first-order valence-electron chi connectivity index (χ1n) is 6.37. The minimum Gasteiger partial charge on any atom is -0.391 e. The second-order valence-corrected chi connectivity index (χ2v) is 5.10. The highest BCUT2D eigenvalue weighted by Gasteiger charge is 2.61. The van der Waals surface area contributed by atoms with Crippen LogP contribution in [0.1, 0.15) is 30.0 Å². The van der Waals surface area contributed by atoms with Gasteiger partial charge in [-0.25, -0.2) is 0 Å². The molecule has 1 N–H and O–H groups in total. The predicted molar refractivity (Wildman–Crippen MR) is 61.5 cm³/mol. The Morgan fingerprint density at radius 2 is 1.76 bits per heavy atom. The van der Waals surface area contributed by atoms with E-state index in [4.69, 9.17) is 0 Å². The van der Waals surface area contributed by atoms with Gasteiger partial charge in [-0.2, -0.15) is 26.3 Å². The maximum absolute atomic E-state index is 12.7. The Bertz CT molecular complexity index is 484. The molecule has 1 heterocycles. The number of alkyl halides is 6. The Labute approximate surface area is 116 Å². The third-order valence-electron chi connectivity index (χ3n) is 3.70. The van der Waals surface area contributed by atoms with E-state index in [2.05, 4.69) is 4.98 Å². The highest BCUT2D eigenvalue weighted by Crippen LogP contribution is 2.46. The second-order valence-electron chi connectivity index (χ2n) is 5.10. The summed E-state index contributed by atoms with van der Waals surface area (Å²) in [7, 11) is 0. The summed E-state index contributed by atoms with van der Waals surface area (Å²) in [5.74, 6) is -5.02. The maximum Gasteiger partial charge on any atom is 0.403 e. The van der Waals surface area contributed by atoms with Crippen molar-refractivity contribution in [2.24, 2.45) is 5.92 Å². The minimum atomic E-state index is -5.55. The van der Waals surface area contributed by atoms with Gasteiger partial charge in [0.2, 0.25) is 0 Å². The van der Waals surface area contributed by atoms with Crippen LogP contribution in [0.4, 0.5) is 26.3 Å². The number of rotatable bonds is 2. The number of aliphatic hydroxyl groups is 1. The highest BCUT2D eigenvalue weighted by molar-refractivity contribution is 5.27. The van der Waals surface area contributed by atoms with E-state index in [0.717, 1.165) is 0 Å². The van der Waals surface area contributed by atoms with Gasteiger partial charge in [-0.1, -0.05) is 6.07 Å². The highest BCUT2D eigenvalue weighted by atomic mass is 19.4. The van der Waals surface area contributed by atoms with Gasteiger partial charge in [0, 0.05) is 17.8 Å². The number of pyridine rings is 1. The first kappa shape index (κ1) is 16.1. The molecule has 2 atom stereocenters. The molecular formula is C13H13F6NO. The van der Waals surface area contributed by atoms with Gasteiger partial charge >= 0.3 is 12.4 Å². The van der Waals surface area contributed by atoms with Gasteiger partial charge in [0.1, 0.15) is 0 Å². The normalized spacial score (nSPS) is 21.2. The zero-order valence-electron chi connectivity index (χ0n) is 10.7. The summed E-state index contributed by atoms with van der Waals surface area (Å²) in [5, 5.41) is 9.77. The van der Waals surface area contributed by atoms with Crippen molar-refractivity contribution in [1.82, 2.24) is 4.98 Å². The van der Waals surface area contributed by atoms with Gasteiger partial charge in [-0.3, -0.25) is 4.98 Å². The number of aromatic nitrogens is 1. The standard InChI is InChI=1S/C13H13F6NO/c14-12(15,16)11(13(17,18)19)10(21)8-5-1-3-7-4-2-6-20-9(7)8/h2,4,6,8,10-11,21H,1,3,5H2. The first-order chi connectivity index (χ1) is 9.62. The van der Waals surface area contributed by atoms with E-state index in [1.165, 1.54) is 6.20 Å². The van der Waals surface area contributed by atoms with Gasteiger partial charge in [-0.15, -0.1) is 0 Å². The summed E-state index contributed by atoms with van der Waals surface area (Å²) in [4.78, 5) is 3.87. The van der Waals surface area contributed by atoms with Crippen LogP contribution in [-0.4, -0.2) is 28.5 Å². The van der Waals surface area contributed by atoms with E-state index < -0.39 is 30.3 Å². The maximum atomic E-state index is 12.7. The third-order valence-corrected chi connectivity index (χ3v) is 3.70. The molecule has 1 aliphatic rings. The van der Waals surface area contributed by atoms with Crippen molar-refractivity contribution in [2.45, 2.75) is 43.6 Å². The summed E-state index contributed by atoms with van der Waals surface area (Å²) < 4.78 is 76.2. The summed E-state index contributed by atoms with van der Waals surface area (Å²) in [6, 6.07) is 3.18. The predicted octanol–water partition coefficient (Wildman–Crippen LogP) is 3.60. The smallest absolute Gasteiger partial charge is 0.391 e. The van der Waals surface area contributed by atoms with Crippen molar-refractivity contribution >= 4 is 0 Å². The molecule has 0 radical (unpaired) electrons. The fraction of sp³-hybridized carbons (Fsp3) is 0.615. The molecular weight excluding hydrogens is 300 g/mol. The van der Waals surface area contributed by atoms with Crippen LogP contribution in [0.25, 0.3) is 0 Å². The average Bonchev–Trinajstić information content (AvgIpc) is 2.34. The number of fused-ring (bicyclic) bond motifs is 1. The second kappa shape index (κ2) is 5.47. The summed E-state index contributed by atoms with van der Waals surface area (Å²) in [6.45, 7) is 0. The molecule has 8 heteroatoms. The zero-order valence-corrected chi connectivity index (χ0v) is 10.7. The fourth-order valence-corrected chi connectivity index (χ4v) is 2.78. The Morgan fingerprint density at radius 1 is 1.14 bits per heavy atom. The molecule has 1 aliphatic carbocycles. The summed E-state index contributed by atoms with van der Waals surface area (Å²) >= 11 is 0. The molecule has 0 spiro atoms. The van der Waals surface area contributed by atoms with Crippen LogP contribution in [0.3, 0.4) is 0 Å². The minimum absolute atomic E-state index is 0.0494. The zero-order chi connectivity index (χ0) is 15.8. The lowest BCUT2D eigenvalue weighted by Gasteiger charge is -2.34. The number of nitrogens with zero attached hydrogens (tertiary/aromatic N) is 1. The van der Waals surface area contributed by atoms with Crippen molar-refractivity contribution in [3.63, 3.8) is 0 Å². The lowest BCUT2D eigenvalue weighted by atomic mass is 9.78. The summed E-state index contributed by atoms with van der Waals surface area (Å²) in [6.07, 6.45) is -11.4. The SMILES string of the molecule is OC(C1CCCc2cccnc21)C(C(F)(F)F)C(F)(F)F. The lowest BCUT2D eigenvalue weighted by Crippen LogP contribution is -2.47. The quantitative estimate of drug-likeness (QED) is 0.846. The van der Waals surface area contributed by atoms with Crippen LogP contribution < -0.4 is 0 Å². The average molecular weight is 313 g/mol. The topological polar surface area (TPSA) is 33.1 Å². The molecule has 0 saturated carbocycles. The molecule has 21 heavy (non-hydrogen) atoms. The first-order valence-corrected chi connectivity index (χ1v) is 6.37. The van der Waals surface area contributed by atoms with Gasteiger partial charge in [-0.05, 0) is 30.9 Å². The Kier molecular flexibility index (Phi) is 4.19. The van der Waals surface area contributed by atoms with Crippen molar-refractivity contribution in [1.29, 1.82) is 0 Å². The van der Waals surface area contributed by atoms with Crippen LogP contribution >= 0.6 is 0 Å². The van der Waals surface area contributed by atoms with E-state index in [0.29, 0.717) is 18.4 Å². The molecule has 1 aromatic heterocycles. The molecule has 0 fully saturated rings. The molecule has 2 nitrogen and oxygen atoms in total. The van der Waals surface area contributed by atoms with E-state index in [9.17, 15) is 31.4 Å². The monoisotopic (exact) mass is 313 g/mol. The van der Waals surface area contributed by atoms with E-state index >= 15 is 0 Å². The van der Waals surface area contributed by atoms with Gasteiger partial charge < -0.3 is 5.11 Å². The summed E-state index contributed by atoms with van der Waals surface area (Å²) in [5.41, 5.74) is 0.727. The molecule has 0 saturated heterocycles. The number of hydrogen-bond acceptors (Lipinski definition) is 2. The number of halogens is 6. The van der Waals surface area contributed by atoms with Crippen molar-refractivity contribution < 1.29 is 31.4 Å². The van der Waals surface area contributed by atoms with E-state index in [1.807, 2.05) is 0 Å². The van der Waals surface area contributed by atoms with Crippen LogP contribution in [0.15, 0.2) is 18.3 Å². The van der Waals surface area contributed by atoms with Gasteiger partial charge in [0.25, 0.3) is 0 Å². The Hall–Kier alpha value is -1.31. The molecule has 0 aliphatic heterocycles. The number of hydrogen-bond donors (Lipinski definition) is 1. The number of aryl methyl sites for hydroxylation is 1. The Morgan fingerprint density at radius 3 is 2.33 bits per heavy atom. The van der Waals surface area contributed by atoms with Crippen LogP contribution in [0.5, 0.6) is 0 Å². The van der Waals surface area contributed by atoms with Gasteiger partial charge in [0.15, 0.2) is 5.92 Å². The van der Waals surface area contributed by atoms with Crippen molar-refractivity contribution in [3.8, 4) is 0 Å². The van der Waals surface area contributed by atoms with Crippen molar-refractivity contribution in [2.75, 3.05) is 0 Å². The van der Waals surface area contributed by atoms with Crippen LogP contribution in [-0.2, 0) is 6.42 Å². The van der Waals surface area contributed by atoms with E-state index in [1.54, 1.807) is 12.1 Å². The molecule has 0 amide bonds. The van der Waals surface area contributed by atoms with Crippen LogP contribution in [0, 0.1) is 5.92 Å². The van der Waals surface area contributed by atoms with Gasteiger partial charge in [0.05, 0.1) is 6.10 Å². The molecule has 0 aromatic carbocycles. The van der Waals surface area contributed by atoms with Crippen LogP contribution in [0.2, 0.25) is 0 Å².